The van der Waals surface area contributed by atoms with Crippen LogP contribution in [0.15, 0.2) is 0 Å². The van der Waals surface area contributed by atoms with E-state index in [2.05, 4.69) is 4.52 Å². The third-order valence-corrected chi connectivity index (χ3v) is 1.16. The summed E-state index contributed by atoms with van der Waals surface area (Å²) in [4.78, 5) is 15.9. The molecule has 0 spiro atoms. The predicted octanol–water partition coefficient (Wildman–Crippen LogP) is 1.21. The Morgan fingerprint density at radius 2 is 1.75 bits per heavy atom. The molecule has 5 N–H and O–H groups in total. The van der Waals surface area contributed by atoms with Gasteiger partial charge >= 0.3 is 14.0 Å². The number of hydrogen-bond donors (Lipinski definition) is 3. The van der Waals surface area contributed by atoms with Crippen LogP contribution in [0.3, 0.4) is 0 Å². The molecule has 12 heavy (non-hydrogen) atoms. The minimum absolute atomic E-state index is 0. The third-order valence-electron chi connectivity index (χ3n) is 0.645. The zero-order chi connectivity index (χ0) is 9.12. The quantitative estimate of drug-likeness (QED) is 0.609. The molecule has 0 saturated heterocycles. The Balaban J connectivity index is 0. The molecule has 0 saturated carbocycles. The van der Waals surface area contributed by atoms with E-state index in [0.29, 0.717) is 0 Å². The summed E-state index contributed by atoms with van der Waals surface area (Å²) < 4.78 is 47.3. The summed E-state index contributed by atoms with van der Waals surface area (Å²) in [5.41, 5.74) is 0. The van der Waals surface area contributed by atoms with Crippen LogP contribution in [0.1, 0.15) is 6.42 Å². The topological polar surface area (TPSA) is 102 Å². The smallest absolute Gasteiger partial charge is 0.344 e. The van der Waals surface area contributed by atoms with Gasteiger partial charge < -0.3 is 15.9 Å². The van der Waals surface area contributed by atoms with Gasteiger partial charge in [0.25, 0.3) is 0 Å². The molecule has 0 aromatic rings. The van der Waals surface area contributed by atoms with Gasteiger partial charge in [-0.25, -0.2) is 4.57 Å². The number of halogens is 3. The van der Waals surface area contributed by atoms with Crippen LogP contribution >= 0.6 is 7.82 Å². The molecule has 0 aliphatic heterocycles. The maximum atomic E-state index is 11.3. The normalized spacial score (nSPS) is 12.4. The molecule has 0 aliphatic rings. The average Bonchev–Trinajstić information content (AvgIpc) is 1.55. The van der Waals surface area contributed by atoms with Gasteiger partial charge in [-0.05, 0) is 0 Å². The Hall–Kier alpha value is -0.140. The van der Waals surface area contributed by atoms with E-state index in [0.717, 1.165) is 0 Å². The Bertz CT molecular complexity index is 165. The van der Waals surface area contributed by atoms with E-state index in [1.165, 1.54) is 0 Å². The van der Waals surface area contributed by atoms with Crippen LogP contribution in [-0.4, -0.2) is 22.6 Å². The molecule has 0 radical (unpaired) electrons. The summed E-state index contributed by atoms with van der Waals surface area (Å²) in [5, 5.41) is 0. The molecular formula is C3H9F3NO4P. The van der Waals surface area contributed by atoms with Crippen LogP contribution < -0.4 is 6.15 Å². The molecule has 0 unspecified atom stereocenters. The van der Waals surface area contributed by atoms with E-state index in [1.807, 2.05) is 0 Å². The van der Waals surface area contributed by atoms with Crippen LogP contribution in [0.25, 0.3) is 0 Å². The van der Waals surface area contributed by atoms with Crippen molar-refractivity contribution < 1.29 is 32.0 Å². The highest BCUT2D eigenvalue weighted by Gasteiger charge is 2.28. The minimum atomic E-state index is -4.75. The first kappa shape index (κ1) is 14.4. The van der Waals surface area contributed by atoms with Gasteiger partial charge in [-0.2, -0.15) is 13.2 Å². The lowest BCUT2D eigenvalue weighted by Crippen LogP contribution is -2.10. The zero-order valence-electron chi connectivity index (χ0n) is 5.91. The lowest BCUT2D eigenvalue weighted by molar-refractivity contribution is -0.140. The summed E-state index contributed by atoms with van der Waals surface area (Å²) in [7, 11) is -4.75. The van der Waals surface area contributed by atoms with E-state index in [4.69, 9.17) is 9.79 Å². The van der Waals surface area contributed by atoms with E-state index in [1.54, 1.807) is 0 Å². The van der Waals surface area contributed by atoms with Crippen LogP contribution in [0.5, 0.6) is 0 Å². The minimum Gasteiger partial charge on any atom is -0.344 e. The van der Waals surface area contributed by atoms with Crippen molar-refractivity contribution in [1.29, 1.82) is 0 Å². The standard InChI is InChI=1S/C3H6F3O4P.H3N/c4-3(5,6)1-2-10-11(7,8)9;/h1-2H2,(H2,7,8,9);1H3. The van der Waals surface area contributed by atoms with Crippen molar-refractivity contribution in [1.82, 2.24) is 6.15 Å². The number of phosphoric acid groups is 1. The predicted molar refractivity (Wildman–Crippen MR) is 33.7 cm³/mol. The maximum absolute atomic E-state index is 11.3. The van der Waals surface area contributed by atoms with Crippen molar-refractivity contribution in [2.75, 3.05) is 6.61 Å². The first-order valence-electron chi connectivity index (χ1n) is 2.47. The van der Waals surface area contributed by atoms with Gasteiger partial charge in [-0.15, -0.1) is 0 Å². The SMILES string of the molecule is N.O=P(O)(O)OCCC(F)(F)F. The van der Waals surface area contributed by atoms with E-state index >= 15 is 0 Å². The fourth-order valence-electron chi connectivity index (χ4n) is 0.280. The summed E-state index contributed by atoms with van der Waals surface area (Å²) in [5.74, 6) is 0. The molecule has 0 bridgehead atoms. The van der Waals surface area contributed by atoms with Crippen LogP contribution in [0, 0.1) is 0 Å². The number of phosphoric ester groups is 1. The summed E-state index contributed by atoms with van der Waals surface area (Å²) in [6.45, 7) is -1.02. The molecule has 0 aliphatic carbocycles. The molecule has 0 amide bonds. The van der Waals surface area contributed by atoms with Gasteiger partial charge in [-0.1, -0.05) is 0 Å². The molecule has 0 fully saturated rings. The molecule has 0 rings (SSSR count). The fourth-order valence-corrected chi connectivity index (χ4v) is 0.609. The van der Waals surface area contributed by atoms with Crippen molar-refractivity contribution >= 4 is 7.82 Å². The number of alkyl halides is 3. The highest BCUT2D eigenvalue weighted by molar-refractivity contribution is 7.46. The van der Waals surface area contributed by atoms with E-state index in [-0.39, 0.29) is 6.15 Å². The Morgan fingerprint density at radius 1 is 1.33 bits per heavy atom. The van der Waals surface area contributed by atoms with Crippen LogP contribution in [0.4, 0.5) is 13.2 Å². The van der Waals surface area contributed by atoms with Gasteiger partial charge in [0.05, 0.1) is 13.0 Å². The monoisotopic (exact) mass is 211 g/mol. The third kappa shape index (κ3) is 12.5. The van der Waals surface area contributed by atoms with Gasteiger partial charge in [0.1, 0.15) is 0 Å². The van der Waals surface area contributed by atoms with Gasteiger partial charge in [-0.3, -0.25) is 4.52 Å². The lowest BCUT2D eigenvalue weighted by atomic mass is 10.5. The van der Waals surface area contributed by atoms with Gasteiger partial charge in [0.2, 0.25) is 0 Å². The fraction of sp³-hybridized carbons (Fsp3) is 1.00. The van der Waals surface area contributed by atoms with Gasteiger partial charge in [0.15, 0.2) is 0 Å². The lowest BCUT2D eigenvalue weighted by Gasteiger charge is -2.06. The molecule has 0 aromatic heterocycles. The largest absolute Gasteiger partial charge is 0.469 e. The first-order chi connectivity index (χ1) is 4.71. The van der Waals surface area contributed by atoms with Crippen LogP contribution in [0.2, 0.25) is 0 Å². The molecule has 0 heterocycles. The summed E-state index contributed by atoms with van der Waals surface area (Å²) in [6, 6.07) is 0. The molecule has 76 valence electrons. The molecular weight excluding hydrogens is 202 g/mol. The second-order valence-electron chi connectivity index (χ2n) is 1.69. The molecule has 0 aromatic carbocycles. The number of hydrogen-bond acceptors (Lipinski definition) is 3. The summed E-state index contributed by atoms with van der Waals surface area (Å²) in [6.07, 6.45) is -5.81. The average molecular weight is 211 g/mol. The van der Waals surface area contributed by atoms with E-state index in [9.17, 15) is 17.7 Å². The van der Waals surface area contributed by atoms with Crippen LogP contribution in [-0.2, 0) is 9.09 Å². The summed E-state index contributed by atoms with van der Waals surface area (Å²) >= 11 is 0. The van der Waals surface area contributed by atoms with Crippen molar-refractivity contribution in [3.05, 3.63) is 0 Å². The highest BCUT2D eigenvalue weighted by Crippen LogP contribution is 2.36. The Labute approximate surface area is 66.4 Å². The second kappa shape index (κ2) is 4.78. The first-order valence-corrected chi connectivity index (χ1v) is 4.00. The highest BCUT2D eigenvalue weighted by atomic mass is 31.2. The maximum Gasteiger partial charge on any atom is 0.469 e. The zero-order valence-corrected chi connectivity index (χ0v) is 6.81. The van der Waals surface area contributed by atoms with Crippen molar-refractivity contribution in [2.45, 2.75) is 12.6 Å². The molecule has 0 atom stereocenters. The number of rotatable bonds is 3. The van der Waals surface area contributed by atoms with Crippen molar-refractivity contribution in [3.63, 3.8) is 0 Å². The van der Waals surface area contributed by atoms with Crippen molar-refractivity contribution in [2.24, 2.45) is 0 Å². The Morgan fingerprint density at radius 3 is 2.00 bits per heavy atom. The second-order valence-corrected chi connectivity index (χ2v) is 2.93. The van der Waals surface area contributed by atoms with Gasteiger partial charge in [0, 0.05) is 0 Å². The molecule has 5 nitrogen and oxygen atoms in total. The molecule has 9 heteroatoms. The Kier molecular flexibility index (Phi) is 5.73. The van der Waals surface area contributed by atoms with E-state index < -0.39 is 27.0 Å². The van der Waals surface area contributed by atoms with Crippen molar-refractivity contribution in [3.8, 4) is 0 Å².